The summed E-state index contributed by atoms with van der Waals surface area (Å²) in [7, 11) is -2.40. The minimum absolute atomic E-state index is 1.09. The summed E-state index contributed by atoms with van der Waals surface area (Å²) in [6.07, 6.45) is 31.5. The van der Waals surface area contributed by atoms with Gasteiger partial charge in [0.05, 0.1) is 0 Å². The van der Waals surface area contributed by atoms with Gasteiger partial charge in [-0.15, -0.1) is 0 Å². The Hall–Kier alpha value is 0.434. The van der Waals surface area contributed by atoms with E-state index in [9.17, 15) is 0 Å². The highest BCUT2D eigenvalue weighted by atomic mass is 29.3. The predicted molar refractivity (Wildman–Crippen MR) is 165 cm³/mol. The second kappa shape index (κ2) is 11.9. The molecule has 8 atom stereocenters. The number of rotatable bonds is 8. The van der Waals surface area contributed by atoms with Crippen LogP contribution in [0.2, 0.25) is 37.3 Å². The molecule has 5 fully saturated rings. The van der Waals surface area contributed by atoms with E-state index in [0.29, 0.717) is 0 Å². The van der Waals surface area contributed by atoms with Crippen LogP contribution in [-0.4, -0.2) is 15.2 Å². The van der Waals surface area contributed by atoms with Gasteiger partial charge in [-0.05, 0) is 78.2 Å². The maximum Gasteiger partial charge on any atom is 0.0448 e. The zero-order chi connectivity index (χ0) is 25.3. The molecular weight excluding hydrogens is 465 g/mol. The topological polar surface area (TPSA) is 0 Å². The Morgan fingerprint density at radius 3 is 1.89 bits per heavy atom. The molecule has 0 aliphatic heterocycles. The van der Waals surface area contributed by atoms with Crippen LogP contribution in [0.5, 0.6) is 0 Å². The molecule has 0 aromatic carbocycles. The maximum atomic E-state index is 2.95. The van der Waals surface area contributed by atoms with E-state index in [2.05, 4.69) is 33.1 Å². The average Bonchev–Trinajstić information content (AvgIpc) is 3.56. The first kappa shape index (κ1) is 28.0. The van der Waals surface area contributed by atoms with Gasteiger partial charge in [-0.2, -0.15) is 0 Å². The van der Waals surface area contributed by atoms with E-state index in [-0.39, 0.29) is 0 Å². The van der Waals surface area contributed by atoms with E-state index >= 15 is 0 Å². The molecule has 8 unspecified atom stereocenters. The highest BCUT2D eigenvalue weighted by Gasteiger charge is 2.57. The molecule has 5 rings (SSSR count). The summed E-state index contributed by atoms with van der Waals surface area (Å²) in [5.74, 6) is 7.85. The van der Waals surface area contributed by atoms with Gasteiger partial charge in [0.1, 0.15) is 0 Å². The summed E-state index contributed by atoms with van der Waals surface area (Å²) in [6, 6.07) is 0. The van der Waals surface area contributed by atoms with Gasteiger partial charge >= 0.3 is 0 Å². The van der Waals surface area contributed by atoms with Crippen LogP contribution < -0.4 is 0 Å². The molecule has 0 amide bonds. The van der Waals surface area contributed by atoms with Crippen molar-refractivity contribution < 1.29 is 0 Å². The largest absolute Gasteiger partial charge is 0.0711 e. The number of fused-ring (bicyclic) bond motifs is 1. The highest BCUT2D eigenvalue weighted by molar-refractivity contribution is 7.41. The quantitative estimate of drug-likeness (QED) is 0.275. The Morgan fingerprint density at radius 1 is 0.528 bits per heavy atom. The molecule has 36 heavy (non-hydrogen) atoms. The zero-order valence-electron chi connectivity index (χ0n) is 25.3. The molecule has 0 saturated heterocycles. The molecule has 0 aromatic heterocycles. The van der Waals surface area contributed by atoms with Crippen LogP contribution in [-0.2, 0) is 0 Å². The molecule has 0 bridgehead atoms. The third-order valence-corrected chi connectivity index (χ3v) is 35.1. The Kier molecular flexibility index (Phi) is 9.24. The lowest BCUT2D eigenvalue weighted by Gasteiger charge is -2.52. The smallest absolute Gasteiger partial charge is 0.0448 e. The highest BCUT2D eigenvalue weighted by Crippen LogP contribution is 2.61. The van der Waals surface area contributed by atoms with Gasteiger partial charge in [0.2, 0.25) is 0 Å². The summed E-state index contributed by atoms with van der Waals surface area (Å²) in [6.45, 7) is 14.1. The van der Waals surface area contributed by atoms with Crippen LogP contribution in [0, 0.1) is 41.4 Å². The Balaban J connectivity index is 1.29. The molecule has 208 valence electrons. The van der Waals surface area contributed by atoms with Gasteiger partial charge < -0.3 is 0 Å². The second-order valence-electron chi connectivity index (χ2n) is 16.1. The molecule has 0 radical (unpaired) electrons. The molecule has 5 aliphatic carbocycles. The fraction of sp³-hybridized carbons (Fsp3) is 1.00. The SMILES string of the molecule is CCCCC1CCC([Si](C)(C)[Si](C)(C)C2CCC3C(C4CCCCC4C4CCCCC4)CCCC32)C1. The van der Waals surface area contributed by atoms with Crippen molar-refractivity contribution in [3.8, 4) is 0 Å². The van der Waals surface area contributed by atoms with Crippen LogP contribution in [0.15, 0.2) is 0 Å². The van der Waals surface area contributed by atoms with Gasteiger partial charge in [0, 0.05) is 15.2 Å². The molecule has 5 saturated carbocycles. The number of unbranched alkanes of at least 4 members (excludes halogenated alkanes) is 1. The van der Waals surface area contributed by atoms with Crippen molar-refractivity contribution in [1.29, 1.82) is 0 Å². The van der Waals surface area contributed by atoms with E-state index in [1.54, 1.807) is 109 Å². The summed E-state index contributed by atoms with van der Waals surface area (Å²) in [5.41, 5.74) is 2.34. The summed E-state index contributed by atoms with van der Waals surface area (Å²) < 4.78 is 0. The molecular formula is C34H64Si2. The van der Waals surface area contributed by atoms with Gasteiger partial charge in [-0.3, -0.25) is 0 Å². The molecule has 0 nitrogen and oxygen atoms in total. The van der Waals surface area contributed by atoms with Crippen LogP contribution in [0.1, 0.15) is 135 Å². The zero-order valence-corrected chi connectivity index (χ0v) is 27.3. The Labute approximate surface area is 228 Å². The van der Waals surface area contributed by atoms with Crippen molar-refractivity contribution in [3.05, 3.63) is 0 Å². The second-order valence-corrected chi connectivity index (χ2v) is 32.3. The lowest BCUT2D eigenvalue weighted by molar-refractivity contribution is 0.0261. The van der Waals surface area contributed by atoms with Gasteiger partial charge in [0.25, 0.3) is 0 Å². The van der Waals surface area contributed by atoms with E-state index < -0.39 is 15.2 Å². The van der Waals surface area contributed by atoms with E-state index in [1.165, 1.54) is 24.8 Å². The normalized spacial score (nSPS) is 40.9. The van der Waals surface area contributed by atoms with Crippen molar-refractivity contribution in [1.82, 2.24) is 0 Å². The molecule has 0 aromatic rings. The van der Waals surface area contributed by atoms with Crippen LogP contribution in [0.3, 0.4) is 0 Å². The Morgan fingerprint density at radius 2 is 1.14 bits per heavy atom. The fourth-order valence-electron chi connectivity index (χ4n) is 11.6. The van der Waals surface area contributed by atoms with E-state index in [4.69, 9.17) is 0 Å². The molecule has 0 spiro atoms. The van der Waals surface area contributed by atoms with E-state index in [1.807, 2.05) is 0 Å². The third kappa shape index (κ3) is 5.40. The third-order valence-electron chi connectivity index (χ3n) is 14.3. The average molecular weight is 529 g/mol. The summed E-state index contributed by atoms with van der Waals surface area (Å²) in [5, 5.41) is 0. The maximum absolute atomic E-state index is 2.95. The monoisotopic (exact) mass is 528 g/mol. The standard InChI is InChI=1S/C34H64Si2/c1-6-7-14-26-21-22-28(25-26)35(2,3)36(4,5)34-24-23-32-31(19-13-20-33(32)34)30-18-12-11-17-29(30)27-15-9-8-10-16-27/h26-34H,6-25H2,1-5H3. The molecule has 0 N–H and O–H groups in total. The fourth-order valence-corrected chi connectivity index (χ4v) is 25.7. The molecule has 2 heteroatoms. The molecule has 5 aliphatic rings. The minimum atomic E-state index is -1.22. The van der Waals surface area contributed by atoms with Crippen LogP contribution in [0.25, 0.3) is 0 Å². The van der Waals surface area contributed by atoms with Crippen molar-refractivity contribution in [2.75, 3.05) is 0 Å². The molecule has 0 heterocycles. The summed E-state index contributed by atoms with van der Waals surface area (Å²) >= 11 is 0. The lowest BCUT2D eigenvalue weighted by Crippen LogP contribution is -2.61. The first-order valence-electron chi connectivity index (χ1n) is 17.3. The Bertz CT molecular complexity index is 691. The minimum Gasteiger partial charge on any atom is -0.0711 e. The van der Waals surface area contributed by atoms with E-state index in [0.717, 1.165) is 47.0 Å². The van der Waals surface area contributed by atoms with Crippen molar-refractivity contribution in [3.63, 3.8) is 0 Å². The van der Waals surface area contributed by atoms with Crippen molar-refractivity contribution in [2.24, 2.45) is 41.4 Å². The van der Waals surface area contributed by atoms with Gasteiger partial charge in [-0.1, -0.05) is 136 Å². The predicted octanol–water partition coefficient (Wildman–Crippen LogP) is 11.4. The number of hydrogen-bond donors (Lipinski definition) is 0. The van der Waals surface area contributed by atoms with Crippen LogP contribution >= 0.6 is 0 Å². The van der Waals surface area contributed by atoms with Crippen molar-refractivity contribution in [2.45, 2.75) is 173 Å². The van der Waals surface area contributed by atoms with Gasteiger partial charge in [0.15, 0.2) is 0 Å². The first-order valence-corrected chi connectivity index (χ1v) is 24.5. The lowest BCUT2D eigenvalue weighted by atomic mass is 9.58. The number of hydrogen-bond acceptors (Lipinski definition) is 0. The van der Waals surface area contributed by atoms with Crippen LogP contribution in [0.4, 0.5) is 0 Å². The first-order chi connectivity index (χ1) is 17.3. The summed E-state index contributed by atoms with van der Waals surface area (Å²) in [4.78, 5) is 0. The van der Waals surface area contributed by atoms with Crippen molar-refractivity contribution >= 4 is 15.2 Å². The van der Waals surface area contributed by atoms with Gasteiger partial charge in [-0.25, -0.2) is 0 Å².